The van der Waals surface area contributed by atoms with Gasteiger partial charge in [0.1, 0.15) is 11.5 Å². The van der Waals surface area contributed by atoms with Crippen LogP contribution in [0, 0.1) is 0 Å². The average molecular weight is 362 g/mol. The fourth-order valence-electron chi connectivity index (χ4n) is 1.97. The van der Waals surface area contributed by atoms with Crippen LogP contribution >= 0.6 is 0 Å². The predicted molar refractivity (Wildman–Crippen MR) is 70.8 cm³/mol. The number of halogens is 6. The van der Waals surface area contributed by atoms with Gasteiger partial charge in [-0.15, -0.1) is 0 Å². The summed E-state index contributed by atoms with van der Waals surface area (Å²) in [4.78, 5) is 0. The molecule has 0 spiro atoms. The van der Waals surface area contributed by atoms with E-state index in [0.717, 1.165) is 20.3 Å². The molecule has 0 bridgehead atoms. The number of aliphatic hydroxyl groups is 2. The van der Waals surface area contributed by atoms with Crippen molar-refractivity contribution in [3.63, 3.8) is 0 Å². The van der Waals surface area contributed by atoms with Crippen molar-refractivity contribution in [3.8, 4) is 11.5 Å². The standard InChI is InChI=1S/C14H16F6O4/c1-11(21,13(15,16)17)7-5-8(12(2,22)14(18,19)20)10(24-4)6-9(7)23-3/h5-6,21-22H,1-4H3. The zero-order valence-electron chi connectivity index (χ0n) is 13.1. The first-order chi connectivity index (χ1) is 10.6. The molecule has 0 saturated heterocycles. The van der Waals surface area contributed by atoms with Gasteiger partial charge in [-0.25, -0.2) is 0 Å². The normalized spacial score (nSPS) is 17.8. The summed E-state index contributed by atoms with van der Waals surface area (Å²) in [6, 6.07) is 1.11. The third-order valence-electron chi connectivity index (χ3n) is 3.67. The second kappa shape index (κ2) is 5.99. The highest BCUT2D eigenvalue weighted by atomic mass is 19.4. The molecular formula is C14H16F6O4. The molecule has 2 N–H and O–H groups in total. The van der Waals surface area contributed by atoms with Crippen LogP contribution in [0.1, 0.15) is 25.0 Å². The molecule has 0 heterocycles. The first kappa shape index (κ1) is 20.4. The van der Waals surface area contributed by atoms with Crippen molar-refractivity contribution < 1.29 is 46.0 Å². The molecule has 1 rings (SSSR count). The van der Waals surface area contributed by atoms with Gasteiger partial charge >= 0.3 is 12.4 Å². The van der Waals surface area contributed by atoms with Gasteiger partial charge < -0.3 is 19.7 Å². The van der Waals surface area contributed by atoms with E-state index in [1.54, 1.807) is 0 Å². The van der Waals surface area contributed by atoms with Gasteiger partial charge in [-0.1, -0.05) is 0 Å². The molecule has 0 fully saturated rings. The summed E-state index contributed by atoms with van der Waals surface area (Å²) in [5, 5.41) is 19.6. The molecule has 138 valence electrons. The SMILES string of the molecule is COc1cc(OC)c(C(C)(O)C(F)(F)F)cc1C(C)(O)C(F)(F)F. The lowest BCUT2D eigenvalue weighted by atomic mass is 9.87. The number of hydrogen-bond donors (Lipinski definition) is 2. The Kier molecular flexibility index (Phi) is 5.09. The van der Waals surface area contributed by atoms with E-state index in [1.807, 2.05) is 0 Å². The molecule has 2 unspecified atom stereocenters. The van der Waals surface area contributed by atoms with Crippen LogP contribution in [0.5, 0.6) is 11.5 Å². The van der Waals surface area contributed by atoms with Crippen molar-refractivity contribution in [2.24, 2.45) is 0 Å². The van der Waals surface area contributed by atoms with Crippen molar-refractivity contribution in [2.75, 3.05) is 14.2 Å². The van der Waals surface area contributed by atoms with Crippen LogP contribution in [0.2, 0.25) is 0 Å². The lowest BCUT2D eigenvalue weighted by Crippen LogP contribution is -2.42. The van der Waals surface area contributed by atoms with Gasteiger partial charge in [-0.2, -0.15) is 26.3 Å². The fraction of sp³-hybridized carbons (Fsp3) is 0.571. The Morgan fingerprint density at radius 2 is 1.00 bits per heavy atom. The van der Waals surface area contributed by atoms with E-state index in [2.05, 4.69) is 0 Å². The average Bonchev–Trinajstić information content (AvgIpc) is 2.43. The number of hydrogen-bond acceptors (Lipinski definition) is 4. The summed E-state index contributed by atoms with van der Waals surface area (Å²) >= 11 is 0. The Hall–Kier alpha value is -1.68. The van der Waals surface area contributed by atoms with Gasteiger partial charge in [-0.05, 0) is 19.9 Å². The molecule has 10 heteroatoms. The summed E-state index contributed by atoms with van der Waals surface area (Å²) in [6.07, 6.45) is -10.4. The monoisotopic (exact) mass is 362 g/mol. The zero-order chi connectivity index (χ0) is 19.1. The highest BCUT2D eigenvalue weighted by molar-refractivity contribution is 5.51. The first-order valence-corrected chi connectivity index (χ1v) is 6.46. The van der Waals surface area contributed by atoms with Crippen LogP contribution in [-0.4, -0.2) is 36.8 Å². The quantitative estimate of drug-likeness (QED) is 0.808. The molecule has 0 radical (unpaired) electrons. The summed E-state index contributed by atoms with van der Waals surface area (Å²) in [6.45, 7) is 0.729. The van der Waals surface area contributed by atoms with Crippen LogP contribution in [0.4, 0.5) is 26.3 Å². The Morgan fingerprint density at radius 1 is 0.708 bits per heavy atom. The second-order valence-electron chi connectivity index (χ2n) is 5.39. The minimum atomic E-state index is -5.20. The molecule has 0 aliphatic carbocycles. The van der Waals surface area contributed by atoms with Gasteiger partial charge in [0, 0.05) is 17.2 Å². The van der Waals surface area contributed by atoms with E-state index in [4.69, 9.17) is 9.47 Å². The van der Waals surface area contributed by atoms with Crippen molar-refractivity contribution in [3.05, 3.63) is 23.3 Å². The minimum absolute atomic E-state index is 0.364. The minimum Gasteiger partial charge on any atom is -0.496 e. The zero-order valence-corrected chi connectivity index (χ0v) is 13.1. The molecule has 2 atom stereocenters. The molecule has 1 aromatic rings. The number of benzene rings is 1. The van der Waals surface area contributed by atoms with Crippen LogP contribution in [-0.2, 0) is 11.2 Å². The van der Waals surface area contributed by atoms with Crippen molar-refractivity contribution in [2.45, 2.75) is 37.4 Å². The Balaban J connectivity index is 3.80. The molecule has 0 aromatic heterocycles. The molecule has 0 amide bonds. The van der Waals surface area contributed by atoms with Gasteiger partial charge in [0.15, 0.2) is 11.2 Å². The van der Waals surface area contributed by atoms with Crippen LogP contribution in [0.25, 0.3) is 0 Å². The summed E-state index contributed by atoms with van der Waals surface area (Å²) in [5.74, 6) is -1.09. The number of methoxy groups -OCH3 is 2. The fourth-order valence-corrected chi connectivity index (χ4v) is 1.97. The van der Waals surface area contributed by atoms with Crippen LogP contribution in [0.3, 0.4) is 0 Å². The maximum absolute atomic E-state index is 13.1. The van der Waals surface area contributed by atoms with Gasteiger partial charge in [0.2, 0.25) is 0 Å². The Labute approximate surface area is 133 Å². The number of rotatable bonds is 4. The molecule has 0 aliphatic heterocycles. The first-order valence-electron chi connectivity index (χ1n) is 6.46. The van der Waals surface area contributed by atoms with Crippen molar-refractivity contribution >= 4 is 0 Å². The third kappa shape index (κ3) is 3.25. The molecule has 1 aromatic carbocycles. The molecule has 24 heavy (non-hydrogen) atoms. The maximum atomic E-state index is 13.1. The molecule has 0 saturated carbocycles. The topological polar surface area (TPSA) is 58.9 Å². The van der Waals surface area contributed by atoms with Crippen LogP contribution in [0.15, 0.2) is 12.1 Å². The predicted octanol–water partition coefficient (Wildman–Crippen LogP) is 3.24. The Morgan fingerprint density at radius 3 is 1.21 bits per heavy atom. The smallest absolute Gasteiger partial charge is 0.421 e. The van der Waals surface area contributed by atoms with Gasteiger partial charge in [0.05, 0.1) is 14.2 Å². The van der Waals surface area contributed by atoms with Crippen LogP contribution < -0.4 is 9.47 Å². The Bertz CT molecular complexity index is 555. The molecular weight excluding hydrogens is 346 g/mol. The maximum Gasteiger partial charge on any atom is 0.421 e. The number of ether oxygens (including phenoxy) is 2. The number of alkyl halides is 6. The summed E-state index contributed by atoms with van der Waals surface area (Å²) in [7, 11) is 1.96. The van der Waals surface area contributed by atoms with Crippen molar-refractivity contribution in [1.82, 2.24) is 0 Å². The van der Waals surface area contributed by atoms with E-state index in [-0.39, 0.29) is 0 Å². The van der Waals surface area contributed by atoms with E-state index >= 15 is 0 Å². The van der Waals surface area contributed by atoms with E-state index in [0.29, 0.717) is 19.9 Å². The lowest BCUT2D eigenvalue weighted by molar-refractivity contribution is -0.262. The largest absolute Gasteiger partial charge is 0.496 e. The lowest BCUT2D eigenvalue weighted by Gasteiger charge is -2.32. The second-order valence-corrected chi connectivity index (χ2v) is 5.39. The van der Waals surface area contributed by atoms with E-state index < -0.39 is 46.2 Å². The molecule has 0 aliphatic rings. The van der Waals surface area contributed by atoms with Crippen molar-refractivity contribution in [1.29, 1.82) is 0 Å². The van der Waals surface area contributed by atoms with Gasteiger partial charge in [-0.3, -0.25) is 0 Å². The van der Waals surface area contributed by atoms with E-state index in [9.17, 15) is 36.6 Å². The highest BCUT2D eigenvalue weighted by Gasteiger charge is 2.56. The van der Waals surface area contributed by atoms with Gasteiger partial charge in [0.25, 0.3) is 0 Å². The molecule has 4 nitrogen and oxygen atoms in total. The third-order valence-corrected chi connectivity index (χ3v) is 3.67. The summed E-state index contributed by atoms with van der Waals surface area (Å²) in [5.41, 5.74) is -9.00. The van der Waals surface area contributed by atoms with E-state index in [1.165, 1.54) is 0 Å². The highest BCUT2D eigenvalue weighted by Crippen LogP contribution is 2.49. The summed E-state index contributed by atoms with van der Waals surface area (Å²) < 4.78 is 87.8.